The Morgan fingerprint density at radius 3 is 2.53 bits per heavy atom. The van der Waals surface area contributed by atoms with Crippen molar-refractivity contribution in [3.8, 4) is 17.1 Å². The number of aliphatic hydroxyl groups is 1. The van der Waals surface area contributed by atoms with E-state index in [9.17, 15) is 9.90 Å². The first kappa shape index (κ1) is 24.5. The van der Waals surface area contributed by atoms with Crippen LogP contribution in [0.25, 0.3) is 11.4 Å². The molecule has 13 nitrogen and oxygen atoms in total. The van der Waals surface area contributed by atoms with Crippen LogP contribution in [0.3, 0.4) is 0 Å². The molecule has 0 bridgehead atoms. The second-order valence-electron chi connectivity index (χ2n) is 8.19. The van der Waals surface area contributed by atoms with E-state index in [0.29, 0.717) is 51.7 Å². The number of amides is 1. The molecule has 0 aromatic carbocycles. The first-order chi connectivity index (χ1) is 17.2. The number of anilines is 4. The third kappa shape index (κ3) is 5.20. The van der Waals surface area contributed by atoms with E-state index in [4.69, 9.17) is 9.26 Å². The number of carbonyl (C=O) groups is 1. The Kier molecular flexibility index (Phi) is 6.74. The molecule has 0 atom stereocenters. The van der Waals surface area contributed by atoms with Gasteiger partial charge in [0.1, 0.15) is 5.82 Å². The normalized spacial score (nSPS) is 11.2. The lowest BCUT2D eigenvalue weighted by atomic mass is 10.00. The molecule has 0 radical (unpaired) electrons. The number of rotatable bonds is 8. The smallest absolute Gasteiger partial charge is 0.273 e. The number of aromatic nitrogens is 6. The first-order valence-corrected chi connectivity index (χ1v) is 10.9. The monoisotopic (exact) mass is 491 g/mol. The molecule has 0 fully saturated rings. The van der Waals surface area contributed by atoms with Crippen LogP contribution in [-0.4, -0.2) is 55.5 Å². The van der Waals surface area contributed by atoms with Crippen molar-refractivity contribution < 1.29 is 19.2 Å². The lowest BCUT2D eigenvalue weighted by Crippen LogP contribution is -2.21. The van der Waals surface area contributed by atoms with E-state index < -0.39 is 11.5 Å². The predicted molar refractivity (Wildman–Crippen MR) is 130 cm³/mol. The van der Waals surface area contributed by atoms with E-state index in [1.54, 1.807) is 57.4 Å². The summed E-state index contributed by atoms with van der Waals surface area (Å²) in [6.07, 6.45) is 3.12. The maximum Gasteiger partial charge on any atom is 0.273 e. The molecule has 4 aromatic rings. The molecule has 0 saturated carbocycles. The zero-order valence-electron chi connectivity index (χ0n) is 20.3. The van der Waals surface area contributed by atoms with Crippen molar-refractivity contribution in [3.05, 3.63) is 53.8 Å². The summed E-state index contributed by atoms with van der Waals surface area (Å²) in [7, 11) is 2.97. The van der Waals surface area contributed by atoms with Gasteiger partial charge in [-0.2, -0.15) is 4.98 Å². The van der Waals surface area contributed by atoms with Crippen molar-refractivity contribution in [2.24, 2.45) is 0 Å². The third-order valence-corrected chi connectivity index (χ3v) is 5.09. The van der Waals surface area contributed by atoms with Crippen molar-refractivity contribution in [2.75, 3.05) is 24.8 Å². The average molecular weight is 492 g/mol. The molecule has 0 aliphatic rings. The Bertz CT molecular complexity index is 1400. The fourth-order valence-corrected chi connectivity index (χ4v) is 3.30. The van der Waals surface area contributed by atoms with Gasteiger partial charge in [-0.3, -0.25) is 4.79 Å². The summed E-state index contributed by atoms with van der Waals surface area (Å²) in [4.78, 5) is 25.4. The fourth-order valence-electron chi connectivity index (χ4n) is 3.30. The van der Waals surface area contributed by atoms with Gasteiger partial charge in [-0.05, 0) is 37.6 Å². The van der Waals surface area contributed by atoms with Crippen LogP contribution in [0, 0.1) is 6.92 Å². The van der Waals surface area contributed by atoms with Gasteiger partial charge >= 0.3 is 0 Å². The highest BCUT2D eigenvalue weighted by Gasteiger charge is 2.21. The van der Waals surface area contributed by atoms with Crippen LogP contribution in [0.5, 0.6) is 5.75 Å². The van der Waals surface area contributed by atoms with Gasteiger partial charge in [0.05, 0.1) is 24.0 Å². The number of ether oxygens (including phenoxy) is 1. The largest absolute Gasteiger partial charge is 0.492 e. The Balaban J connectivity index is 1.72. The summed E-state index contributed by atoms with van der Waals surface area (Å²) < 4.78 is 10.7. The van der Waals surface area contributed by atoms with E-state index in [-0.39, 0.29) is 5.69 Å². The van der Waals surface area contributed by atoms with Gasteiger partial charge in [0.25, 0.3) is 5.91 Å². The molecular weight excluding hydrogens is 466 g/mol. The van der Waals surface area contributed by atoms with E-state index in [1.807, 2.05) is 0 Å². The Morgan fingerprint density at radius 2 is 1.86 bits per heavy atom. The number of pyridine rings is 2. The fraction of sp³-hybridized carbons (Fsp3) is 0.261. The van der Waals surface area contributed by atoms with Crippen molar-refractivity contribution in [3.63, 3.8) is 0 Å². The van der Waals surface area contributed by atoms with E-state index in [1.165, 1.54) is 14.2 Å². The molecule has 4 aromatic heterocycles. The van der Waals surface area contributed by atoms with Gasteiger partial charge in [-0.15, -0.1) is 10.2 Å². The molecule has 13 heteroatoms. The number of methoxy groups -OCH3 is 1. The minimum atomic E-state index is -1.05. The topological polar surface area (TPSA) is 173 Å². The standard InChI is InChI=1S/C23H25N9O4/c1-12-27-20(32-36-12)14-7-9-26-21(19(14)35-5)28-15-11-17(30-31-18(15)22(33)24-4)29-16-10-13(6-8-25-16)23(2,3)34/h6-11,34H,1-5H3,(H,24,33)(H2,25,26,28,29,30). The highest BCUT2D eigenvalue weighted by molar-refractivity contribution is 5.98. The lowest BCUT2D eigenvalue weighted by molar-refractivity contribution is 0.0785. The number of aryl methyl sites for hydroxylation is 1. The maximum atomic E-state index is 12.5. The Hall–Kier alpha value is -4.65. The summed E-state index contributed by atoms with van der Waals surface area (Å²) in [6.45, 7) is 5.04. The van der Waals surface area contributed by atoms with Crippen molar-refractivity contribution in [1.82, 2.24) is 35.6 Å². The van der Waals surface area contributed by atoms with Crippen LogP contribution >= 0.6 is 0 Å². The number of nitrogens with one attached hydrogen (secondary N) is 3. The van der Waals surface area contributed by atoms with Crippen molar-refractivity contribution in [1.29, 1.82) is 0 Å². The van der Waals surface area contributed by atoms with Gasteiger partial charge in [0.2, 0.25) is 11.7 Å². The van der Waals surface area contributed by atoms with E-state index in [0.717, 1.165) is 0 Å². The average Bonchev–Trinajstić information content (AvgIpc) is 3.29. The van der Waals surface area contributed by atoms with Gasteiger partial charge in [0.15, 0.2) is 23.1 Å². The molecule has 0 aliphatic carbocycles. The summed E-state index contributed by atoms with van der Waals surface area (Å²) >= 11 is 0. The molecule has 4 rings (SSSR count). The highest BCUT2D eigenvalue weighted by Crippen LogP contribution is 2.35. The minimum absolute atomic E-state index is 0.0333. The second kappa shape index (κ2) is 9.92. The van der Waals surface area contributed by atoms with Crippen LogP contribution in [0.4, 0.5) is 23.1 Å². The zero-order chi connectivity index (χ0) is 25.9. The van der Waals surface area contributed by atoms with Gasteiger partial charge in [0, 0.05) is 32.4 Å². The quantitative estimate of drug-likeness (QED) is 0.284. The van der Waals surface area contributed by atoms with Crippen molar-refractivity contribution >= 4 is 29.0 Å². The molecule has 0 spiro atoms. The number of hydrogen-bond acceptors (Lipinski definition) is 12. The molecule has 36 heavy (non-hydrogen) atoms. The van der Waals surface area contributed by atoms with Crippen LogP contribution < -0.4 is 20.7 Å². The van der Waals surface area contributed by atoms with Gasteiger partial charge < -0.3 is 30.3 Å². The minimum Gasteiger partial charge on any atom is -0.492 e. The lowest BCUT2D eigenvalue weighted by Gasteiger charge is -2.18. The first-order valence-electron chi connectivity index (χ1n) is 10.9. The molecule has 4 heterocycles. The molecule has 1 amide bonds. The van der Waals surface area contributed by atoms with Crippen LogP contribution in [0.15, 0.2) is 41.2 Å². The number of hydrogen-bond donors (Lipinski definition) is 4. The van der Waals surface area contributed by atoms with Gasteiger partial charge in [-0.25, -0.2) is 9.97 Å². The Morgan fingerprint density at radius 1 is 1.08 bits per heavy atom. The second-order valence-corrected chi connectivity index (χ2v) is 8.19. The highest BCUT2D eigenvalue weighted by atomic mass is 16.5. The molecule has 0 aliphatic heterocycles. The molecule has 4 N–H and O–H groups in total. The van der Waals surface area contributed by atoms with Crippen LogP contribution in [-0.2, 0) is 5.60 Å². The third-order valence-electron chi connectivity index (χ3n) is 5.09. The summed E-state index contributed by atoms with van der Waals surface area (Å²) in [5, 5.41) is 31.1. The SMILES string of the molecule is CNC(=O)c1nnc(Nc2cc(C(C)(C)O)ccn2)cc1Nc1nccc(-c2noc(C)n2)c1OC. The molecular formula is C23H25N9O4. The summed E-state index contributed by atoms with van der Waals surface area (Å²) in [5.74, 6) is 1.64. The Labute approximate surface area is 206 Å². The van der Waals surface area contributed by atoms with Crippen molar-refractivity contribution in [2.45, 2.75) is 26.4 Å². The predicted octanol–water partition coefficient (Wildman–Crippen LogP) is 2.71. The maximum absolute atomic E-state index is 12.5. The van der Waals surface area contributed by atoms with Crippen LogP contribution in [0.1, 0.15) is 35.8 Å². The molecule has 0 saturated heterocycles. The zero-order valence-corrected chi connectivity index (χ0v) is 20.3. The molecule has 0 unspecified atom stereocenters. The summed E-state index contributed by atoms with van der Waals surface area (Å²) in [6, 6.07) is 6.69. The van der Waals surface area contributed by atoms with Crippen LogP contribution in [0.2, 0.25) is 0 Å². The number of nitrogens with zero attached hydrogens (tertiary/aromatic N) is 6. The molecule has 186 valence electrons. The van der Waals surface area contributed by atoms with E-state index in [2.05, 4.69) is 46.3 Å². The van der Waals surface area contributed by atoms with Gasteiger partial charge in [-0.1, -0.05) is 5.16 Å². The summed E-state index contributed by atoms with van der Waals surface area (Å²) in [5.41, 5.74) is 0.492. The van der Waals surface area contributed by atoms with E-state index >= 15 is 0 Å². The number of carbonyl (C=O) groups excluding carboxylic acids is 1.